The molecule has 86 valence electrons. The van der Waals surface area contributed by atoms with Gasteiger partial charge in [-0.3, -0.25) is 0 Å². The number of hydrogen-bond donors (Lipinski definition) is 2. The predicted molar refractivity (Wildman–Crippen MR) is 61.6 cm³/mol. The molecule has 0 saturated heterocycles. The van der Waals surface area contributed by atoms with Crippen molar-refractivity contribution in [1.29, 1.82) is 0 Å². The number of anilines is 2. The van der Waals surface area contributed by atoms with E-state index in [0.29, 0.717) is 5.75 Å². The van der Waals surface area contributed by atoms with Crippen LogP contribution in [0.4, 0.5) is 15.8 Å². The maximum atomic E-state index is 13.5. The highest BCUT2D eigenvalue weighted by molar-refractivity contribution is 5.74. The second kappa shape index (κ2) is 3.27. The number of rotatable bonds is 1. The summed E-state index contributed by atoms with van der Waals surface area (Å²) in [5, 5.41) is 6.79. The molecule has 16 heavy (non-hydrogen) atoms. The molecule has 2 aliphatic rings. The van der Waals surface area contributed by atoms with Crippen molar-refractivity contribution in [3.63, 3.8) is 0 Å². The monoisotopic (exact) mass is 222 g/mol. The summed E-state index contributed by atoms with van der Waals surface area (Å²) in [6, 6.07) is 3.23. The maximum absolute atomic E-state index is 13.5. The topological polar surface area (TPSA) is 33.3 Å². The molecule has 1 aromatic rings. The summed E-state index contributed by atoms with van der Waals surface area (Å²) in [5.74, 6) is -0.0236. The third-order valence-electron chi connectivity index (χ3n) is 3.62. The number of fused-ring (bicyclic) bond motifs is 1. The van der Waals surface area contributed by atoms with Crippen LogP contribution in [0.3, 0.4) is 0 Å². The predicted octanol–water partition coefficient (Wildman–Crippen LogP) is 2.59. The van der Waals surface area contributed by atoms with Gasteiger partial charge in [-0.05, 0) is 19.3 Å². The molecular formula is C12H15FN2O. The molecule has 3 rings (SSSR count). The van der Waals surface area contributed by atoms with Crippen molar-refractivity contribution in [1.82, 2.24) is 0 Å². The van der Waals surface area contributed by atoms with Crippen LogP contribution >= 0.6 is 0 Å². The van der Waals surface area contributed by atoms with E-state index >= 15 is 0 Å². The minimum absolute atomic E-state index is 0.190. The van der Waals surface area contributed by atoms with Gasteiger partial charge in [0, 0.05) is 18.7 Å². The summed E-state index contributed by atoms with van der Waals surface area (Å²) in [6.45, 7) is 0.881. The smallest absolute Gasteiger partial charge is 0.167 e. The maximum Gasteiger partial charge on any atom is 0.167 e. The Morgan fingerprint density at radius 3 is 2.75 bits per heavy atom. The normalized spacial score (nSPS) is 20.4. The molecule has 2 N–H and O–H groups in total. The molecule has 1 fully saturated rings. The molecule has 0 atom stereocenters. The number of benzene rings is 1. The molecule has 4 heteroatoms. The van der Waals surface area contributed by atoms with E-state index in [1.807, 2.05) is 0 Å². The number of hydrogen-bond acceptors (Lipinski definition) is 3. The van der Waals surface area contributed by atoms with Gasteiger partial charge in [0.2, 0.25) is 0 Å². The van der Waals surface area contributed by atoms with Gasteiger partial charge in [0.15, 0.2) is 11.6 Å². The molecular weight excluding hydrogens is 207 g/mol. The number of halogens is 1. The fraction of sp³-hybridized carbons (Fsp3) is 0.500. The number of methoxy groups -OCH3 is 1. The first kappa shape index (κ1) is 9.75. The lowest BCUT2D eigenvalue weighted by Crippen LogP contribution is -2.52. The molecule has 1 saturated carbocycles. The first-order valence-electron chi connectivity index (χ1n) is 5.62. The van der Waals surface area contributed by atoms with Gasteiger partial charge in [-0.15, -0.1) is 0 Å². The minimum atomic E-state index is -0.319. The van der Waals surface area contributed by atoms with Crippen LogP contribution in [0.15, 0.2) is 12.1 Å². The van der Waals surface area contributed by atoms with E-state index in [0.717, 1.165) is 17.9 Å². The Balaban J connectivity index is 1.97. The van der Waals surface area contributed by atoms with Crippen LogP contribution in [-0.4, -0.2) is 19.2 Å². The van der Waals surface area contributed by atoms with E-state index in [-0.39, 0.29) is 11.4 Å². The third-order valence-corrected chi connectivity index (χ3v) is 3.62. The first-order chi connectivity index (χ1) is 7.72. The first-order valence-corrected chi connectivity index (χ1v) is 5.62. The van der Waals surface area contributed by atoms with E-state index in [1.165, 1.54) is 32.4 Å². The Kier molecular flexibility index (Phi) is 1.99. The molecule has 0 aromatic heterocycles. The van der Waals surface area contributed by atoms with Crippen LogP contribution in [0.25, 0.3) is 0 Å². The molecule has 3 nitrogen and oxygen atoms in total. The zero-order chi connectivity index (χ0) is 11.2. The Hall–Kier alpha value is -1.45. The van der Waals surface area contributed by atoms with Crippen LogP contribution in [0.5, 0.6) is 5.75 Å². The van der Waals surface area contributed by atoms with E-state index in [2.05, 4.69) is 10.6 Å². The molecule has 0 unspecified atom stereocenters. The summed E-state index contributed by atoms with van der Waals surface area (Å²) in [6.07, 6.45) is 3.63. The summed E-state index contributed by atoms with van der Waals surface area (Å²) >= 11 is 0. The summed E-state index contributed by atoms with van der Waals surface area (Å²) in [5.41, 5.74) is 1.97. The average molecular weight is 222 g/mol. The molecule has 1 aromatic carbocycles. The van der Waals surface area contributed by atoms with Crippen molar-refractivity contribution in [3.8, 4) is 5.75 Å². The van der Waals surface area contributed by atoms with Gasteiger partial charge in [-0.25, -0.2) is 4.39 Å². The average Bonchev–Trinajstić information content (AvgIpc) is 2.25. The highest BCUT2D eigenvalue weighted by Crippen LogP contribution is 2.42. The van der Waals surface area contributed by atoms with Crippen LogP contribution in [0, 0.1) is 5.82 Å². The van der Waals surface area contributed by atoms with Crippen LogP contribution in [0.1, 0.15) is 19.3 Å². The van der Waals surface area contributed by atoms with Gasteiger partial charge in [-0.1, -0.05) is 0 Å². The van der Waals surface area contributed by atoms with Crippen LogP contribution in [-0.2, 0) is 0 Å². The van der Waals surface area contributed by atoms with E-state index in [4.69, 9.17) is 4.74 Å². The molecule has 0 amide bonds. The van der Waals surface area contributed by atoms with Gasteiger partial charge in [0.05, 0.1) is 24.0 Å². The lowest BCUT2D eigenvalue weighted by molar-refractivity contribution is 0.290. The molecule has 1 aliphatic carbocycles. The minimum Gasteiger partial charge on any atom is -0.494 e. The Morgan fingerprint density at radius 1 is 1.31 bits per heavy atom. The lowest BCUT2D eigenvalue weighted by Gasteiger charge is -2.47. The Labute approximate surface area is 94.0 Å². The quantitative estimate of drug-likeness (QED) is 0.766. The van der Waals surface area contributed by atoms with Crippen molar-refractivity contribution in [3.05, 3.63) is 17.9 Å². The van der Waals surface area contributed by atoms with Gasteiger partial charge < -0.3 is 15.4 Å². The second-order valence-electron chi connectivity index (χ2n) is 4.64. The van der Waals surface area contributed by atoms with Gasteiger partial charge >= 0.3 is 0 Å². The molecule has 1 aliphatic heterocycles. The van der Waals surface area contributed by atoms with Crippen LogP contribution in [0.2, 0.25) is 0 Å². The van der Waals surface area contributed by atoms with Gasteiger partial charge in [0.1, 0.15) is 0 Å². The Morgan fingerprint density at radius 2 is 2.12 bits per heavy atom. The van der Waals surface area contributed by atoms with Crippen molar-refractivity contribution >= 4 is 11.4 Å². The van der Waals surface area contributed by atoms with Crippen LogP contribution < -0.4 is 15.4 Å². The van der Waals surface area contributed by atoms with Gasteiger partial charge in [0.25, 0.3) is 0 Å². The zero-order valence-electron chi connectivity index (χ0n) is 9.27. The lowest BCUT2D eigenvalue weighted by atomic mass is 9.75. The third kappa shape index (κ3) is 1.32. The van der Waals surface area contributed by atoms with Crippen molar-refractivity contribution in [2.24, 2.45) is 0 Å². The molecule has 1 heterocycles. The summed E-state index contributed by atoms with van der Waals surface area (Å²) in [7, 11) is 1.49. The summed E-state index contributed by atoms with van der Waals surface area (Å²) in [4.78, 5) is 0. The standard InChI is InChI=1S/C12H15FN2O/c1-16-11-6-10-9(5-8(11)13)14-7-12(15-10)3-2-4-12/h5-6,14-15H,2-4,7H2,1H3. The fourth-order valence-electron chi connectivity index (χ4n) is 2.46. The van der Waals surface area contributed by atoms with E-state index < -0.39 is 0 Å². The fourth-order valence-corrected chi connectivity index (χ4v) is 2.46. The Bertz CT molecular complexity index is 429. The number of ether oxygens (including phenoxy) is 1. The number of nitrogens with one attached hydrogen (secondary N) is 2. The highest BCUT2D eigenvalue weighted by atomic mass is 19.1. The molecule has 1 spiro atoms. The van der Waals surface area contributed by atoms with E-state index in [9.17, 15) is 4.39 Å². The van der Waals surface area contributed by atoms with Crippen molar-refractivity contribution < 1.29 is 9.13 Å². The highest BCUT2D eigenvalue weighted by Gasteiger charge is 2.39. The zero-order valence-corrected chi connectivity index (χ0v) is 9.27. The second-order valence-corrected chi connectivity index (χ2v) is 4.64. The largest absolute Gasteiger partial charge is 0.494 e. The van der Waals surface area contributed by atoms with Crippen molar-refractivity contribution in [2.75, 3.05) is 24.3 Å². The van der Waals surface area contributed by atoms with Gasteiger partial charge in [-0.2, -0.15) is 0 Å². The summed E-state index contributed by atoms with van der Waals surface area (Å²) < 4.78 is 18.5. The SMILES string of the molecule is COc1cc2c(cc1F)NCC1(CCC1)N2. The van der Waals surface area contributed by atoms with Crippen molar-refractivity contribution in [2.45, 2.75) is 24.8 Å². The van der Waals surface area contributed by atoms with E-state index in [1.54, 1.807) is 6.07 Å². The molecule has 0 bridgehead atoms. The molecule has 0 radical (unpaired) electrons.